The van der Waals surface area contributed by atoms with Crippen LogP contribution in [0.3, 0.4) is 0 Å². The maximum Gasteiger partial charge on any atom is 0.342 e. The van der Waals surface area contributed by atoms with Crippen molar-refractivity contribution in [2.45, 2.75) is 32.8 Å². The summed E-state index contributed by atoms with van der Waals surface area (Å²) in [4.78, 5) is 19.0. The number of ether oxygens (including phenoxy) is 1. The maximum atomic E-state index is 12.3. The van der Waals surface area contributed by atoms with Crippen LogP contribution in [0.1, 0.15) is 35.3 Å². The van der Waals surface area contributed by atoms with Crippen LogP contribution >= 0.6 is 0 Å². The summed E-state index contributed by atoms with van der Waals surface area (Å²) in [6, 6.07) is 12.1. The zero-order chi connectivity index (χ0) is 16.2. The molecule has 3 rings (SSSR count). The van der Waals surface area contributed by atoms with Crippen LogP contribution in [-0.4, -0.2) is 30.1 Å². The van der Waals surface area contributed by atoms with Gasteiger partial charge < -0.3 is 9.64 Å². The normalized spacial score (nSPS) is 14.3. The van der Waals surface area contributed by atoms with E-state index in [1.54, 1.807) is 18.3 Å². The molecule has 0 atom stereocenters. The predicted molar refractivity (Wildman–Crippen MR) is 90.9 cm³/mol. The second-order valence-electron chi connectivity index (χ2n) is 6.08. The third-order valence-corrected chi connectivity index (χ3v) is 4.07. The number of pyridine rings is 1. The molecular formula is C19H22N2O2. The van der Waals surface area contributed by atoms with Crippen molar-refractivity contribution in [2.24, 2.45) is 0 Å². The molecule has 0 aliphatic carbocycles. The minimum Gasteiger partial charge on any atom is -0.459 e. The average molecular weight is 310 g/mol. The molecule has 1 aromatic heterocycles. The van der Waals surface area contributed by atoms with Crippen molar-refractivity contribution in [3.63, 3.8) is 0 Å². The molecule has 0 N–H and O–H groups in total. The molecule has 0 fully saturated rings. The molecule has 0 saturated heterocycles. The Kier molecular flexibility index (Phi) is 4.60. The number of hydrogen-bond donors (Lipinski definition) is 0. The number of fused-ring (bicyclic) bond motifs is 1. The number of nitrogens with zero attached hydrogens (tertiary/aromatic N) is 2. The summed E-state index contributed by atoms with van der Waals surface area (Å²) < 4.78 is 5.36. The number of anilines is 1. The summed E-state index contributed by atoms with van der Waals surface area (Å²) in [6.07, 6.45) is 3.53. The maximum absolute atomic E-state index is 12.3. The first-order valence-corrected chi connectivity index (χ1v) is 8.13. The van der Waals surface area contributed by atoms with E-state index in [9.17, 15) is 4.79 Å². The summed E-state index contributed by atoms with van der Waals surface area (Å²) in [6.45, 7) is 5.43. The van der Waals surface area contributed by atoms with Crippen LogP contribution in [0.15, 0.2) is 42.6 Å². The lowest BCUT2D eigenvalue weighted by atomic mass is 10.0. The van der Waals surface area contributed by atoms with E-state index in [0.717, 1.165) is 31.7 Å². The number of carbonyl (C=O) groups is 1. The van der Waals surface area contributed by atoms with Gasteiger partial charge in [-0.3, -0.25) is 0 Å². The van der Waals surface area contributed by atoms with Gasteiger partial charge in [0.05, 0.1) is 6.10 Å². The Morgan fingerprint density at radius 2 is 1.74 bits per heavy atom. The molecule has 1 aliphatic heterocycles. The fourth-order valence-electron chi connectivity index (χ4n) is 2.97. The Morgan fingerprint density at radius 1 is 1.09 bits per heavy atom. The molecular weight excluding hydrogens is 288 g/mol. The van der Waals surface area contributed by atoms with Gasteiger partial charge in [0.15, 0.2) is 0 Å². The predicted octanol–water partition coefficient (Wildman–Crippen LogP) is 3.25. The van der Waals surface area contributed by atoms with E-state index >= 15 is 0 Å². The van der Waals surface area contributed by atoms with Crippen LogP contribution in [0, 0.1) is 0 Å². The molecule has 2 aromatic rings. The molecule has 0 amide bonds. The van der Waals surface area contributed by atoms with Gasteiger partial charge in [0.2, 0.25) is 0 Å². The molecule has 0 saturated carbocycles. The quantitative estimate of drug-likeness (QED) is 0.816. The van der Waals surface area contributed by atoms with Gasteiger partial charge in [-0.05, 0) is 49.9 Å². The first-order chi connectivity index (χ1) is 11.1. The molecule has 0 bridgehead atoms. The summed E-state index contributed by atoms with van der Waals surface area (Å²) in [5, 5.41) is 0. The Morgan fingerprint density at radius 3 is 2.35 bits per heavy atom. The Labute approximate surface area is 137 Å². The Hall–Kier alpha value is -2.36. The van der Waals surface area contributed by atoms with Crippen molar-refractivity contribution < 1.29 is 9.53 Å². The van der Waals surface area contributed by atoms with Gasteiger partial charge in [0.1, 0.15) is 11.4 Å². The number of aromatic nitrogens is 1. The van der Waals surface area contributed by atoms with Gasteiger partial charge in [-0.25, -0.2) is 9.78 Å². The first-order valence-electron chi connectivity index (χ1n) is 8.13. The fraction of sp³-hybridized carbons (Fsp3) is 0.368. The van der Waals surface area contributed by atoms with Crippen LogP contribution in [0.2, 0.25) is 0 Å². The summed E-state index contributed by atoms with van der Waals surface area (Å²) in [5.74, 6) is 0.427. The molecule has 1 aromatic carbocycles. The lowest BCUT2D eigenvalue weighted by Gasteiger charge is -2.23. The van der Waals surface area contributed by atoms with Gasteiger partial charge in [0, 0.05) is 19.3 Å². The van der Waals surface area contributed by atoms with Crippen LogP contribution in [0.4, 0.5) is 5.82 Å². The van der Waals surface area contributed by atoms with E-state index in [1.165, 1.54) is 11.1 Å². The smallest absolute Gasteiger partial charge is 0.342 e. The van der Waals surface area contributed by atoms with E-state index in [1.807, 2.05) is 13.8 Å². The van der Waals surface area contributed by atoms with Crippen LogP contribution in [0.25, 0.3) is 0 Å². The van der Waals surface area contributed by atoms with Crippen molar-refractivity contribution in [3.05, 3.63) is 59.3 Å². The molecule has 120 valence electrons. The topological polar surface area (TPSA) is 42.4 Å². The molecule has 4 heteroatoms. The van der Waals surface area contributed by atoms with Crippen LogP contribution in [-0.2, 0) is 17.6 Å². The highest BCUT2D eigenvalue weighted by Crippen LogP contribution is 2.23. The average Bonchev–Trinajstić information content (AvgIpc) is 2.77. The zero-order valence-corrected chi connectivity index (χ0v) is 13.7. The van der Waals surface area contributed by atoms with Gasteiger partial charge in [-0.2, -0.15) is 0 Å². The lowest BCUT2D eigenvalue weighted by molar-refractivity contribution is 0.0378. The summed E-state index contributed by atoms with van der Waals surface area (Å²) in [7, 11) is 0. The SMILES string of the molecule is CC(C)OC(=O)c1cccnc1N1CCc2ccccc2CC1. The lowest BCUT2D eigenvalue weighted by Crippen LogP contribution is -2.29. The second kappa shape index (κ2) is 6.82. The highest BCUT2D eigenvalue weighted by atomic mass is 16.5. The summed E-state index contributed by atoms with van der Waals surface area (Å²) >= 11 is 0. The largest absolute Gasteiger partial charge is 0.459 e. The van der Waals surface area contributed by atoms with E-state index in [4.69, 9.17) is 4.74 Å². The minimum absolute atomic E-state index is 0.135. The third kappa shape index (κ3) is 3.52. The molecule has 1 aliphatic rings. The van der Waals surface area contributed by atoms with Crippen molar-refractivity contribution in [3.8, 4) is 0 Å². The molecule has 0 radical (unpaired) electrons. The number of carbonyl (C=O) groups excluding carboxylic acids is 1. The number of benzene rings is 1. The van der Waals surface area contributed by atoms with Crippen molar-refractivity contribution >= 4 is 11.8 Å². The molecule has 0 unspecified atom stereocenters. The molecule has 0 spiro atoms. The van der Waals surface area contributed by atoms with Gasteiger partial charge >= 0.3 is 5.97 Å². The Bertz CT molecular complexity index is 670. The molecule has 2 heterocycles. The van der Waals surface area contributed by atoms with Gasteiger partial charge in [-0.15, -0.1) is 0 Å². The number of esters is 1. The van der Waals surface area contributed by atoms with Crippen molar-refractivity contribution in [2.75, 3.05) is 18.0 Å². The molecule has 23 heavy (non-hydrogen) atoms. The minimum atomic E-state index is -0.301. The van der Waals surface area contributed by atoms with Crippen molar-refractivity contribution in [1.82, 2.24) is 4.98 Å². The van der Waals surface area contributed by atoms with E-state index < -0.39 is 0 Å². The summed E-state index contributed by atoms with van der Waals surface area (Å²) in [5.41, 5.74) is 3.32. The van der Waals surface area contributed by atoms with E-state index in [0.29, 0.717) is 5.56 Å². The molecule has 4 nitrogen and oxygen atoms in total. The van der Waals surface area contributed by atoms with Crippen LogP contribution in [0.5, 0.6) is 0 Å². The van der Waals surface area contributed by atoms with Gasteiger partial charge in [0.25, 0.3) is 0 Å². The highest BCUT2D eigenvalue weighted by Gasteiger charge is 2.21. The van der Waals surface area contributed by atoms with Crippen molar-refractivity contribution in [1.29, 1.82) is 0 Å². The van der Waals surface area contributed by atoms with E-state index in [2.05, 4.69) is 34.1 Å². The monoisotopic (exact) mass is 310 g/mol. The van der Waals surface area contributed by atoms with Crippen LogP contribution < -0.4 is 4.90 Å². The Balaban J connectivity index is 1.84. The van der Waals surface area contributed by atoms with E-state index in [-0.39, 0.29) is 12.1 Å². The number of hydrogen-bond acceptors (Lipinski definition) is 4. The number of rotatable bonds is 3. The zero-order valence-electron chi connectivity index (χ0n) is 13.7. The first kappa shape index (κ1) is 15.5. The second-order valence-corrected chi connectivity index (χ2v) is 6.08. The van der Waals surface area contributed by atoms with Gasteiger partial charge in [-0.1, -0.05) is 24.3 Å². The standard InChI is InChI=1S/C19H22N2O2/c1-14(2)23-19(22)17-8-5-11-20-18(17)21-12-9-15-6-3-4-7-16(15)10-13-21/h3-8,11,14H,9-10,12-13H2,1-2H3. The third-order valence-electron chi connectivity index (χ3n) is 4.07. The fourth-order valence-corrected chi connectivity index (χ4v) is 2.97. The highest BCUT2D eigenvalue weighted by molar-refractivity contribution is 5.94.